The first-order chi connectivity index (χ1) is 11.5. The maximum absolute atomic E-state index is 13.2. The molecule has 1 aliphatic rings. The third-order valence-electron chi connectivity index (χ3n) is 4.85. The Hall–Kier alpha value is -1.72. The van der Waals surface area contributed by atoms with Crippen LogP contribution in [0, 0.1) is 11.2 Å². The monoisotopic (exact) mass is 350 g/mol. The molecule has 0 bridgehead atoms. The Balaban J connectivity index is 1.78. The molecule has 3 rings (SSSR count). The molecule has 0 unspecified atom stereocenters. The van der Waals surface area contributed by atoms with Gasteiger partial charge >= 0.3 is 0 Å². The molecule has 6 heteroatoms. The van der Waals surface area contributed by atoms with E-state index in [0.717, 1.165) is 25.7 Å². The first kappa shape index (κ1) is 17.1. The van der Waals surface area contributed by atoms with Crippen LogP contribution in [0.15, 0.2) is 24.3 Å². The van der Waals surface area contributed by atoms with E-state index >= 15 is 0 Å². The van der Waals surface area contributed by atoms with E-state index in [2.05, 4.69) is 10.3 Å². The Morgan fingerprint density at radius 1 is 1.29 bits per heavy atom. The van der Waals surface area contributed by atoms with E-state index in [1.807, 2.05) is 0 Å². The van der Waals surface area contributed by atoms with Crippen molar-refractivity contribution in [2.45, 2.75) is 32.1 Å². The molecule has 128 valence electrons. The highest BCUT2D eigenvalue weighted by atomic mass is 35.5. The molecule has 1 aromatic heterocycles. The van der Waals surface area contributed by atoms with Crippen molar-refractivity contribution >= 4 is 28.4 Å². The quantitative estimate of drug-likeness (QED) is 0.826. The zero-order valence-electron chi connectivity index (χ0n) is 13.3. The highest BCUT2D eigenvalue weighted by Gasteiger charge is 2.32. The lowest BCUT2D eigenvalue weighted by Crippen LogP contribution is -2.41. The fourth-order valence-corrected chi connectivity index (χ4v) is 3.56. The number of nitrogens with one attached hydrogen (secondary N) is 1. The predicted molar refractivity (Wildman–Crippen MR) is 91.6 cm³/mol. The molecule has 0 aliphatic heterocycles. The number of rotatable bonds is 4. The number of carbonyl (C=O) groups is 1. The van der Waals surface area contributed by atoms with E-state index in [4.69, 9.17) is 11.6 Å². The van der Waals surface area contributed by atoms with Gasteiger partial charge in [0.25, 0.3) is 5.91 Å². The van der Waals surface area contributed by atoms with Crippen LogP contribution in [-0.2, 0) is 0 Å². The van der Waals surface area contributed by atoms with E-state index in [1.54, 1.807) is 12.1 Å². The lowest BCUT2D eigenvalue weighted by atomic mass is 9.74. The van der Waals surface area contributed by atoms with Crippen LogP contribution < -0.4 is 5.32 Å². The summed E-state index contributed by atoms with van der Waals surface area (Å²) in [5.74, 6) is -0.720. The fourth-order valence-electron chi connectivity index (χ4n) is 3.33. The molecule has 1 saturated carbocycles. The van der Waals surface area contributed by atoms with Crippen molar-refractivity contribution in [3.05, 3.63) is 40.8 Å². The highest BCUT2D eigenvalue weighted by molar-refractivity contribution is 6.33. The van der Waals surface area contributed by atoms with Crippen LogP contribution in [0.2, 0.25) is 5.15 Å². The molecule has 0 atom stereocenters. The second-order valence-corrected chi connectivity index (χ2v) is 6.92. The van der Waals surface area contributed by atoms with E-state index < -0.39 is 5.82 Å². The van der Waals surface area contributed by atoms with Crippen LogP contribution in [0.25, 0.3) is 10.9 Å². The predicted octanol–water partition coefficient (Wildman–Crippen LogP) is 3.70. The Kier molecular flexibility index (Phi) is 5.01. The van der Waals surface area contributed by atoms with E-state index in [0.29, 0.717) is 17.4 Å². The summed E-state index contributed by atoms with van der Waals surface area (Å²) in [5.41, 5.74) is 0.434. The van der Waals surface area contributed by atoms with E-state index in [-0.39, 0.29) is 28.6 Å². The zero-order valence-corrected chi connectivity index (χ0v) is 14.1. The molecule has 0 radical (unpaired) electrons. The number of aromatic nitrogens is 1. The molecule has 1 heterocycles. The van der Waals surface area contributed by atoms with Crippen LogP contribution in [0.1, 0.15) is 42.5 Å². The molecule has 2 N–H and O–H groups in total. The Labute approximate surface area is 145 Å². The van der Waals surface area contributed by atoms with Crippen molar-refractivity contribution in [2.75, 3.05) is 13.2 Å². The first-order valence-electron chi connectivity index (χ1n) is 8.18. The van der Waals surface area contributed by atoms with Crippen molar-refractivity contribution in [2.24, 2.45) is 5.41 Å². The van der Waals surface area contributed by atoms with Gasteiger partial charge in [-0.15, -0.1) is 0 Å². The SMILES string of the molecule is O=C(NCC1(CO)CCCCC1)c1cc2ccc(F)cc2nc1Cl. The van der Waals surface area contributed by atoms with Gasteiger partial charge in [0.1, 0.15) is 11.0 Å². The standard InChI is InChI=1S/C18H20ClFN2O2/c19-16-14(8-12-4-5-13(20)9-15(12)22-16)17(24)21-10-18(11-23)6-2-1-3-7-18/h4-5,8-9,23H,1-3,6-7,10-11H2,(H,21,24). The summed E-state index contributed by atoms with van der Waals surface area (Å²) in [4.78, 5) is 16.6. The van der Waals surface area contributed by atoms with Crippen LogP contribution in [0.4, 0.5) is 4.39 Å². The number of amides is 1. The molecule has 4 nitrogen and oxygen atoms in total. The second-order valence-electron chi connectivity index (χ2n) is 6.57. The highest BCUT2D eigenvalue weighted by Crippen LogP contribution is 2.35. The molecule has 1 amide bonds. The summed E-state index contributed by atoms with van der Waals surface area (Å²) < 4.78 is 13.2. The molecular formula is C18H20ClFN2O2. The van der Waals surface area contributed by atoms with Gasteiger partial charge in [0.2, 0.25) is 0 Å². The summed E-state index contributed by atoms with van der Waals surface area (Å²) in [6.07, 6.45) is 5.13. The molecule has 24 heavy (non-hydrogen) atoms. The molecule has 0 saturated heterocycles. The third kappa shape index (κ3) is 3.52. The van der Waals surface area contributed by atoms with Crippen LogP contribution >= 0.6 is 11.6 Å². The van der Waals surface area contributed by atoms with Crippen molar-refractivity contribution in [3.8, 4) is 0 Å². The summed E-state index contributed by atoms with van der Waals surface area (Å²) in [7, 11) is 0. The Morgan fingerprint density at radius 3 is 2.75 bits per heavy atom. The van der Waals surface area contributed by atoms with Crippen LogP contribution in [-0.4, -0.2) is 29.1 Å². The largest absolute Gasteiger partial charge is 0.396 e. The van der Waals surface area contributed by atoms with Gasteiger partial charge in [0.05, 0.1) is 17.7 Å². The number of fused-ring (bicyclic) bond motifs is 1. The topological polar surface area (TPSA) is 62.2 Å². The maximum Gasteiger partial charge on any atom is 0.254 e. The summed E-state index contributed by atoms with van der Waals surface area (Å²) >= 11 is 6.10. The van der Waals surface area contributed by atoms with Gasteiger partial charge in [0.15, 0.2) is 0 Å². The number of aliphatic hydroxyl groups is 1. The second kappa shape index (κ2) is 7.03. The maximum atomic E-state index is 13.2. The van der Waals surface area contributed by atoms with Crippen LogP contribution in [0.3, 0.4) is 0 Å². The molecule has 1 aromatic carbocycles. The van der Waals surface area contributed by atoms with Crippen molar-refractivity contribution < 1.29 is 14.3 Å². The molecular weight excluding hydrogens is 331 g/mol. The normalized spacial score (nSPS) is 17.0. The van der Waals surface area contributed by atoms with Crippen molar-refractivity contribution in [3.63, 3.8) is 0 Å². The lowest BCUT2D eigenvalue weighted by Gasteiger charge is -2.35. The van der Waals surface area contributed by atoms with E-state index in [9.17, 15) is 14.3 Å². The number of nitrogens with zero attached hydrogens (tertiary/aromatic N) is 1. The van der Waals surface area contributed by atoms with Gasteiger partial charge in [-0.25, -0.2) is 9.37 Å². The number of aliphatic hydroxyl groups excluding tert-OH is 1. The molecule has 1 fully saturated rings. The Morgan fingerprint density at radius 2 is 2.04 bits per heavy atom. The fraction of sp³-hybridized carbons (Fsp3) is 0.444. The third-order valence-corrected chi connectivity index (χ3v) is 5.14. The van der Waals surface area contributed by atoms with Gasteiger partial charge in [-0.1, -0.05) is 30.9 Å². The minimum absolute atomic E-state index is 0.0484. The van der Waals surface area contributed by atoms with Crippen molar-refractivity contribution in [1.29, 1.82) is 0 Å². The summed E-state index contributed by atoms with van der Waals surface area (Å²) in [6, 6.07) is 5.79. The summed E-state index contributed by atoms with van der Waals surface area (Å²) in [5, 5.41) is 13.3. The molecule has 2 aromatic rings. The average molecular weight is 351 g/mol. The number of hydrogen-bond donors (Lipinski definition) is 2. The zero-order chi connectivity index (χ0) is 17.2. The van der Waals surface area contributed by atoms with Crippen molar-refractivity contribution in [1.82, 2.24) is 10.3 Å². The van der Waals surface area contributed by atoms with Gasteiger partial charge in [-0.3, -0.25) is 4.79 Å². The molecule has 0 spiro atoms. The van der Waals surface area contributed by atoms with E-state index in [1.165, 1.54) is 18.6 Å². The molecule has 1 aliphatic carbocycles. The van der Waals surface area contributed by atoms with Crippen LogP contribution in [0.5, 0.6) is 0 Å². The van der Waals surface area contributed by atoms with Gasteiger partial charge in [0, 0.05) is 23.4 Å². The number of carbonyl (C=O) groups excluding carboxylic acids is 1. The Bertz CT molecular complexity index is 760. The smallest absolute Gasteiger partial charge is 0.254 e. The average Bonchev–Trinajstić information content (AvgIpc) is 2.60. The number of hydrogen-bond acceptors (Lipinski definition) is 3. The van der Waals surface area contributed by atoms with Gasteiger partial charge in [-0.05, 0) is 31.0 Å². The number of halogens is 2. The number of benzene rings is 1. The lowest BCUT2D eigenvalue weighted by molar-refractivity contribution is 0.0718. The van der Waals surface area contributed by atoms with Gasteiger partial charge in [-0.2, -0.15) is 0 Å². The minimum atomic E-state index is -0.398. The minimum Gasteiger partial charge on any atom is -0.396 e. The first-order valence-corrected chi connectivity index (χ1v) is 8.56. The van der Waals surface area contributed by atoms with Gasteiger partial charge < -0.3 is 10.4 Å². The number of pyridine rings is 1. The summed E-state index contributed by atoms with van der Waals surface area (Å²) in [6.45, 7) is 0.483.